The molecule has 0 N–H and O–H groups in total. The molecule has 0 radical (unpaired) electrons. The largest absolute Gasteiger partial charge is 0.513 e. The summed E-state index contributed by atoms with van der Waals surface area (Å²) in [6.45, 7) is 9.10. The number of aryl methyl sites for hydroxylation is 3. The van der Waals surface area contributed by atoms with Crippen LogP contribution >= 0.6 is 11.8 Å². The van der Waals surface area contributed by atoms with Crippen molar-refractivity contribution in [2.45, 2.75) is 51.0 Å². The van der Waals surface area contributed by atoms with E-state index in [0.29, 0.717) is 37.3 Å². The van der Waals surface area contributed by atoms with E-state index in [1.54, 1.807) is 25.8 Å². The van der Waals surface area contributed by atoms with E-state index >= 15 is 0 Å². The summed E-state index contributed by atoms with van der Waals surface area (Å²) in [6, 6.07) is 12.1. The first-order chi connectivity index (χ1) is 17.2. The van der Waals surface area contributed by atoms with Gasteiger partial charge in [-0.25, -0.2) is 4.79 Å². The van der Waals surface area contributed by atoms with E-state index in [1.807, 2.05) is 61.3 Å². The maximum atomic E-state index is 14.4. The van der Waals surface area contributed by atoms with E-state index in [2.05, 4.69) is 12.1 Å². The molecule has 0 aromatic heterocycles. The molecule has 2 aromatic rings. The molecule has 2 aliphatic heterocycles. The minimum absolute atomic E-state index is 0.174. The Morgan fingerprint density at radius 1 is 1.06 bits per heavy atom. The fourth-order valence-corrected chi connectivity index (χ4v) is 5.90. The van der Waals surface area contributed by atoms with Gasteiger partial charge in [-0.15, -0.1) is 11.8 Å². The van der Waals surface area contributed by atoms with Crippen molar-refractivity contribution in [1.82, 2.24) is 5.06 Å². The highest BCUT2D eigenvalue weighted by Gasteiger charge is 2.56. The van der Waals surface area contributed by atoms with Crippen molar-refractivity contribution in [1.29, 1.82) is 0 Å². The summed E-state index contributed by atoms with van der Waals surface area (Å²) in [5.74, 6) is 0.192. The minimum atomic E-state index is -0.848. The van der Waals surface area contributed by atoms with Gasteiger partial charge in [0.2, 0.25) is 0 Å². The second-order valence-electron chi connectivity index (χ2n) is 9.24. The molecule has 1 spiro atoms. The number of amides is 1. The van der Waals surface area contributed by atoms with Gasteiger partial charge < -0.3 is 14.3 Å². The van der Waals surface area contributed by atoms with Crippen LogP contribution in [0.1, 0.15) is 42.0 Å². The molecule has 1 fully saturated rings. The molecule has 1 amide bonds. The van der Waals surface area contributed by atoms with Crippen molar-refractivity contribution in [3.63, 3.8) is 0 Å². The fraction of sp³-hybridized carbons (Fsp3) is 0.429. The predicted octanol–water partition coefficient (Wildman–Crippen LogP) is 5.66. The molecule has 192 valence electrons. The topological polar surface area (TPSA) is 68.3 Å². The van der Waals surface area contributed by atoms with Crippen LogP contribution < -0.4 is 4.90 Å². The lowest BCUT2D eigenvalue weighted by Gasteiger charge is -2.44. The van der Waals surface area contributed by atoms with E-state index in [0.717, 1.165) is 32.8 Å². The maximum Gasteiger partial charge on any atom is 0.513 e. The molecule has 2 heterocycles. The van der Waals surface area contributed by atoms with Crippen LogP contribution in [0.5, 0.6) is 0 Å². The molecule has 7 nitrogen and oxygen atoms in total. The second kappa shape index (κ2) is 10.7. The van der Waals surface area contributed by atoms with Crippen LogP contribution in [0.15, 0.2) is 47.1 Å². The van der Waals surface area contributed by atoms with E-state index in [4.69, 9.17) is 14.3 Å². The zero-order valence-corrected chi connectivity index (χ0v) is 22.7. The van der Waals surface area contributed by atoms with Crippen LogP contribution in [-0.4, -0.2) is 55.7 Å². The lowest BCUT2D eigenvalue weighted by atomic mass is 9.83. The molecule has 8 heteroatoms. The van der Waals surface area contributed by atoms with Gasteiger partial charge in [0, 0.05) is 23.7 Å². The zero-order chi connectivity index (χ0) is 26.0. The van der Waals surface area contributed by atoms with Crippen LogP contribution in [0.3, 0.4) is 0 Å². The molecule has 0 bridgehead atoms. The average Bonchev–Trinajstić information content (AvgIpc) is 3.06. The van der Waals surface area contributed by atoms with E-state index < -0.39 is 11.7 Å². The van der Waals surface area contributed by atoms with Crippen molar-refractivity contribution < 1.29 is 23.9 Å². The Hall–Kier alpha value is -2.81. The first-order valence-corrected chi connectivity index (χ1v) is 13.4. The second-order valence-corrected chi connectivity index (χ2v) is 10.1. The molecule has 2 aromatic carbocycles. The van der Waals surface area contributed by atoms with Crippen molar-refractivity contribution in [3.8, 4) is 0 Å². The predicted molar refractivity (Wildman–Crippen MR) is 142 cm³/mol. The third-order valence-electron chi connectivity index (χ3n) is 7.01. The Morgan fingerprint density at radius 2 is 1.67 bits per heavy atom. The number of thioether (sulfide) groups is 1. The van der Waals surface area contributed by atoms with Gasteiger partial charge in [-0.2, -0.15) is 5.06 Å². The number of carbonyl (C=O) groups is 2. The van der Waals surface area contributed by atoms with Gasteiger partial charge >= 0.3 is 6.16 Å². The first-order valence-electron chi connectivity index (χ1n) is 12.2. The van der Waals surface area contributed by atoms with Crippen molar-refractivity contribution >= 4 is 35.1 Å². The van der Waals surface area contributed by atoms with Crippen LogP contribution in [0.2, 0.25) is 0 Å². The highest BCUT2D eigenvalue weighted by molar-refractivity contribution is 7.98. The number of hydrogen-bond acceptors (Lipinski definition) is 7. The van der Waals surface area contributed by atoms with Gasteiger partial charge in [0.25, 0.3) is 5.91 Å². The molecule has 0 atom stereocenters. The van der Waals surface area contributed by atoms with Gasteiger partial charge in [0.15, 0.2) is 5.76 Å². The minimum Gasteiger partial charge on any atom is -0.434 e. The van der Waals surface area contributed by atoms with Crippen molar-refractivity contribution in [2.24, 2.45) is 0 Å². The summed E-state index contributed by atoms with van der Waals surface area (Å²) in [4.78, 5) is 35.6. The third kappa shape index (κ3) is 4.65. The van der Waals surface area contributed by atoms with Gasteiger partial charge in [-0.1, -0.05) is 17.7 Å². The zero-order valence-electron chi connectivity index (χ0n) is 21.8. The van der Waals surface area contributed by atoms with Gasteiger partial charge in [-0.05, 0) is 87.7 Å². The molecule has 1 saturated heterocycles. The number of rotatable bonds is 6. The molecule has 0 saturated carbocycles. The summed E-state index contributed by atoms with van der Waals surface area (Å²) >= 11 is 1.65. The number of carbonyl (C=O) groups excluding carboxylic acids is 2. The summed E-state index contributed by atoms with van der Waals surface area (Å²) < 4.78 is 11.2. The van der Waals surface area contributed by atoms with Crippen LogP contribution in [0.4, 0.5) is 10.5 Å². The SMILES string of the molecule is CCOC(=O)OC1=C(c2c(C)cc(C)cc2C)C(=O)N(c2ccc(SC)cc2)C12CCN(OC)CC2. The van der Waals surface area contributed by atoms with Crippen molar-refractivity contribution in [2.75, 3.05) is 38.0 Å². The van der Waals surface area contributed by atoms with Crippen LogP contribution in [0, 0.1) is 20.8 Å². The number of nitrogens with zero attached hydrogens (tertiary/aromatic N) is 2. The standard InChI is InChI=1S/C28H34N2O5S/c1-7-34-27(32)35-25-24(23-19(3)16-18(2)17-20(23)4)26(31)30(21-8-10-22(36-6)11-9-21)28(25)12-14-29(33-5)15-13-28/h8-11,16-17H,7,12-15H2,1-6H3. The summed E-state index contributed by atoms with van der Waals surface area (Å²) in [5.41, 5.74) is 4.19. The number of hydroxylamine groups is 2. The van der Waals surface area contributed by atoms with Crippen LogP contribution in [-0.2, 0) is 19.1 Å². The quantitative estimate of drug-likeness (QED) is 0.367. The Labute approximate surface area is 217 Å². The Morgan fingerprint density at radius 3 is 2.19 bits per heavy atom. The Balaban J connectivity index is 1.96. The third-order valence-corrected chi connectivity index (χ3v) is 7.75. The number of ether oxygens (including phenoxy) is 2. The summed E-state index contributed by atoms with van der Waals surface area (Å²) in [6.07, 6.45) is 2.30. The van der Waals surface area contributed by atoms with Crippen molar-refractivity contribution in [3.05, 3.63) is 64.4 Å². The molecular formula is C28H34N2O5S. The monoisotopic (exact) mass is 510 g/mol. The highest BCUT2D eigenvalue weighted by Crippen LogP contribution is 2.50. The normalized spacial score (nSPS) is 17.7. The maximum absolute atomic E-state index is 14.4. The molecule has 0 unspecified atom stereocenters. The van der Waals surface area contributed by atoms with Crippen LogP contribution in [0.25, 0.3) is 5.57 Å². The Bertz CT molecular complexity index is 1160. The van der Waals surface area contributed by atoms with E-state index in [1.165, 1.54) is 0 Å². The smallest absolute Gasteiger partial charge is 0.434 e. The van der Waals surface area contributed by atoms with Gasteiger partial charge in [-0.3, -0.25) is 9.69 Å². The fourth-order valence-electron chi connectivity index (χ4n) is 5.49. The first kappa shape index (κ1) is 26.3. The summed E-state index contributed by atoms with van der Waals surface area (Å²) in [7, 11) is 1.65. The lowest BCUT2D eigenvalue weighted by Crippen LogP contribution is -2.55. The van der Waals surface area contributed by atoms with Gasteiger partial charge in [0.1, 0.15) is 5.54 Å². The Kier molecular flexibility index (Phi) is 7.78. The van der Waals surface area contributed by atoms with E-state index in [9.17, 15) is 9.59 Å². The lowest BCUT2D eigenvalue weighted by molar-refractivity contribution is -0.150. The summed E-state index contributed by atoms with van der Waals surface area (Å²) in [5, 5.41) is 1.87. The number of piperidine rings is 1. The molecule has 4 rings (SSSR count). The van der Waals surface area contributed by atoms with E-state index in [-0.39, 0.29) is 12.5 Å². The number of hydrogen-bond donors (Lipinski definition) is 0. The molecule has 36 heavy (non-hydrogen) atoms. The molecule has 2 aliphatic rings. The molecule has 0 aliphatic carbocycles. The van der Waals surface area contributed by atoms with Gasteiger partial charge in [0.05, 0.1) is 19.3 Å². The number of anilines is 1. The average molecular weight is 511 g/mol. The molecular weight excluding hydrogens is 476 g/mol. The number of benzene rings is 2. The highest BCUT2D eigenvalue weighted by atomic mass is 32.2.